The van der Waals surface area contributed by atoms with Crippen molar-refractivity contribution in [3.05, 3.63) is 98.6 Å². The number of nitrogens with zero attached hydrogens (tertiary/aromatic N) is 1. The lowest BCUT2D eigenvalue weighted by molar-refractivity contribution is -0.122. The van der Waals surface area contributed by atoms with Gasteiger partial charge in [0.25, 0.3) is 11.1 Å². The Balaban J connectivity index is 1.53. The highest BCUT2D eigenvalue weighted by molar-refractivity contribution is 9.10. The van der Waals surface area contributed by atoms with Gasteiger partial charge in [-0.2, -0.15) is 0 Å². The van der Waals surface area contributed by atoms with Gasteiger partial charge in [0.1, 0.15) is 12.4 Å². The van der Waals surface area contributed by atoms with Crippen molar-refractivity contribution < 1.29 is 28.2 Å². The summed E-state index contributed by atoms with van der Waals surface area (Å²) in [5, 5.41) is -0.501. The number of hydrogen-bond acceptors (Lipinski definition) is 6. The summed E-state index contributed by atoms with van der Waals surface area (Å²) in [6, 6.07) is 18.0. The van der Waals surface area contributed by atoms with E-state index in [0.717, 1.165) is 22.2 Å². The molecule has 3 aromatic rings. The van der Waals surface area contributed by atoms with E-state index in [1.54, 1.807) is 60.7 Å². The standard InChI is InChI=1S/C27H21BrFNO5S/c1-2-34-23-13-18(12-21(28)25(23)35-16-17-8-10-20(29)11-9-17)14-24-26(32)30(27(33)36-24)15-22(31)19-6-4-3-5-7-19/h3-14H,2,15-16H2,1H3/b24-14-. The topological polar surface area (TPSA) is 72.9 Å². The highest BCUT2D eigenvalue weighted by atomic mass is 79.9. The molecule has 0 N–H and O–H groups in total. The van der Waals surface area contributed by atoms with E-state index in [9.17, 15) is 18.8 Å². The van der Waals surface area contributed by atoms with Gasteiger partial charge >= 0.3 is 0 Å². The molecule has 0 aromatic heterocycles. The van der Waals surface area contributed by atoms with Crippen molar-refractivity contribution >= 4 is 50.7 Å². The second-order valence-corrected chi connectivity index (χ2v) is 9.58. The van der Waals surface area contributed by atoms with Crippen LogP contribution in [0.15, 0.2) is 76.1 Å². The van der Waals surface area contributed by atoms with Crippen LogP contribution >= 0.6 is 27.7 Å². The van der Waals surface area contributed by atoms with Gasteiger partial charge in [-0.15, -0.1) is 0 Å². The van der Waals surface area contributed by atoms with Crippen LogP contribution in [0.4, 0.5) is 9.18 Å². The summed E-state index contributed by atoms with van der Waals surface area (Å²) < 4.78 is 25.4. The number of carbonyl (C=O) groups excluding carboxylic acids is 3. The summed E-state index contributed by atoms with van der Waals surface area (Å²) >= 11 is 4.27. The molecular weight excluding hydrogens is 549 g/mol. The zero-order chi connectivity index (χ0) is 25.7. The van der Waals surface area contributed by atoms with E-state index < -0.39 is 11.1 Å². The first kappa shape index (κ1) is 25.7. The molecule has 3 aromatic carbocycles. The fourth-order valence-electron chi connectivity index (χ4n) is 3.46. The van der Waals surface area contributed by atoms with Crippen molar-refractivity contribution in [2.75, 3.05) is 13.2 Å². The summed E-state index contributed by atoms with van der Waals surface area (Å²) in [7, 11) is 0. The van der Waals surface area contributed by atoms with Gasteiger partial charge in [-0.3, -0.25) is 19.3 Å². The molecule has 9 heteroatoms. The maximum atomic E-state index is 13.2. The zero-order valence-corrected chi connectivity index (χ0v) is 21.6. The van der Waals surface area contributed by atoms with E-state index in [2.05, 4.69) is 15.9 Å². The van der Waals surface area contributed by atoms with Crippen LogP contribution in [0, 0.1) is 5.82 Å². The van der Waals surface area contributed by atoms with Gasteiger partial charge in [0.15, 0.2) is 17.3 Å². The van der Waals surface area contributed by atoms with Gasteiger partial charge < -0.3 is 9.47 Å². The van der Waals surface area contributed by atoms with Gasteiger partial charge in [0.2, 0.25) is 0 Å². The van der Waals surface area contributed by atoms with E-state index in [-0.39, 0.29) is 29.7 Å². The van der Waals surface area contributed by atoms with Crippen LogP contribution in [0.2, 0.25) is 0 Å². The Labute approximate surface area is 220 Å². The maximum Gasteiger partial charge on any atom is 0.293 e. The molecule has 0 bridgehead atoms. The lowest BCUT2D eigenvalue weighted by atomic mass is 10.1. The van der Waals surface area contributed by atoms with Crippen LogP contribution in [0.5, 0.6) is 11.5 Å². The lowest BCUT2D eigenvalue weighted by Crippen LogP contribution is -2.33. The molecule has 184 valence electrons. The third-order valence-corrected chi connectivity index (χ3v) is 6.69. The molecule has 1 aliphatic rings. The Kier molecular flexibility index (Phi) is 8.22. The molecule has 1 fully saturated rings. The highest BCUT2D eigenvalue weighted by Crippen LogP contribution is 2.39. The van der Waals surface area contributed by atoms with Crippen LogP contribution < -0.4 is 9.47 Å². The van der Waals surface area contributed by atoms with Gasteiger partial charge in [-0.1, -0.05) is 42.5 Å². The van der Waals surface area contributed by atoms with E-state index in [1.807, 2.05) is 6.92 Å². The third kappa shape index (κ3) is 6.03. The molecule has 1 saturated heterocycles. The largest absolute Gasteiger partial charge is 0.490 e. The fraction of sp³-hybridized carbons (Fsp3) is 0.148. The van der Waals surface area contributed by atoms with Crippen molar-refractivity contribution in [3.8, 4) is 11.5 Å². The molecule has 36 heavy (non-hydrogen) atoms. The first-order chi connectivity index (χ1) is 17.4. The number of thioether (sulfide) groups is 1. The van der Waals surface area contributed by atoms with Crippen molar-refractivity contribution in [2.45, 2.75) is 13.5 Å². The quantitative estimate of drug-likeness (QED) is 0.217. The van der Waals surface area contributed by atoms with Crippen LogP contribution in [-0.4, -0.2) is 35.0 Å². The summed E-state index contributed by atoms with van der Waals surface area (Å²) in [6.07, 6.45) is 1.58. The number of imide groups is 1. The molecular formula is C27H21BrFNO5S. The molecule has 0 atom stereocenters. The number of benzene rings is 3. The zero-order valence-electron chi connectivity index (χ0n) is 19.2. The van der Waals surface area contributed by atoms with Crippen molar-refractivity contribution in [1.29, 1.82) is 0 Å². The first-order valence-electron chi connectivity index (χ1n) is 11.0. The van der Waals surface area contributed by atoms with Gasteiger partial charge in [0.05, 0.1) is 22.5 Å². The number of amides is 2. The molecule has 0 spiro atoms. The first-order valence-corrected chi connectivity index (χ1v) is 12.6. The van der Waals surface area contributed by atoms with Crippen LogP contribution in [-0.2, 0) is 11.4 Å². The van der Waals surface area contributed by atoms with Gasteiger partial charge in [0, 0.05) is 5.56 Å². The minimum Gasteiger partial charge on any atom is -0.490 e. The summed E-state index contributed by atoms with van der Waals surface area (Å²) in [5.74, 6) is -0.269. The molecule has 1 aliphatic heterocycles. The SMILES string of the molecule is CCOc1cc(/C=C2\SC(=O)N(CC(=O)c3ccccc3)C2=O)cc(Br)c1OCc1ccc(F)cc1. The Hall–Kier alpha value is -3.43. The summed E-state index contributed by atoms with van der Waals surface area (Å²) in [6.45, 7) is 2.09. The highest BCUT2D eigenvalue weighted by Gasteiger charge is 2.36. The molecule has 4 rings (SSSR count). The smallest absolute Gasteiger partial charge is 0.293 e. The molecule has 2 amide bonds. The Morgan fingerprint density at radius 3 is 2.47 bits per heavy atom. The van der Waals surface area contributed by atoms with Gasteiger partial charge in [-0.05, 0) is 76.1 Å². The number of Topliss-reactive ketones (excluding diaryl/α,β-unsaturated/α-hetero) is 1. The molecule has 0 aliphatic carbocycles. The molecule has 0 radical (unpaired) electrons. The van der Waals surface area contributed by atoms with E-state index in [4.69, 9.17) is 9.47 Å². The normalized spacial score (nSPS) is 14.4. The maximum absolute atomic E-state index is 13.2. The van der Waals surface area contributed by atoms with E-state index in [1.165, 1.54) is 12.1 Å². The Morgan fingerprint density at radius 1 is 1.06 bits per heavy atom. The van der Waals surface area contributed by atoms with Crippen molar-refractivity contribution in [3.63, 3.8) is 0 Å². The fourth-order valence-corrected chi connectivity index (χ4v) is 4.87. The van der Waals surface area contributed by atoms with Gasteiger partial charge in [-0.25, -0.2) is 4.39 Å². The second kappa shape index (κ2) is 11.5. The number of ether oxygens (including phenoxy) is 2. The van der Waals surface area contributed by atoms with Crippen LogP contribution in [0.1, 0.15) is 28.4 Å². The molecule has 6 nitrogen and oxygen atoms in total. The summed E-state index contributed by atoms with van der Waals surface area (Å²) in [4.78, 5) is 39.0. The minimum absolute atomic E-state index is 0.201. The minimum atomic E-state index is -0.528. The van der Waals surface area contributed by atoms with Crippen molar-refractivity contribution in [2.24, 2.45) is 0 Å². The second-order valence-electron chi connectivity index (χ2n) is 7.74. The number of hydrogen-bond donors (Lipinski definition) is 0. The average Bonchev–Trinajstić information content (AvgIpc) is 3.12. The monoisotopic (exact) mass is 569 g/mol. The number of halogens is 2. The number of carbonyl (C=O) groups is 3. The summed E-state index contributed by atoms with van der Waals surface area (Å²) in [5.41, 5.74) is 1.83. The Bertz CT molecular complexity index is 1330. The van der Waals surface area contributed by atoms with Crippen LogP contribution in [0.25, 0.3) is 6.08 Å². The predicted octanol–water partition coefficient (Wildman–Crippen LogP) is 6.49. The van der Waals surface area contributed by atoms with Crippen molar-refractivity contribution in [1.82, 2.24) is 4.90 Å². The van der Waals surface area contributed by atoms with E-state index >= 15 is 0 Å². The van der Waals surface area contributed by atoms with Crippen LogP contribution in [0.3, 0.4) is 0 Å². The molecule has 0 unspecified atom stereocenters. The number of ketones is 1. The predicted molar refractivity (Wildman–Crippen MR) is 139 cm³/mol. The molecule has 1 heterocycles. The number of rotatable bonds is 9. The lowest BCUT2D eigenvalue weighted by Gasteiger charge is -2.15. The Morgan fingerprint density at radius 2 is 1.78 bits per heavy atom. The average molecular weight is 570 g/mol. The third-order valence-electron chi connectivity index (χ3n) is 5.20. The molecule has 0 saturated carbocycles. The van der Waals surface area contributed by atoms with E-state index in [0.29, 0.717) is 33.7 Å².